The molecule has 0 saturated carbocycles. The van der Waals surface area contributed by atoms with Crippen LogP contribution < -0.4 is 4.74 Å². The topological polar surface area (TPSA) is 52.6 Å². The molecule has 0 unspecified atom stereocenters. The van der Waals surface area contributed by atoms with Gasteiger partial charge in [0.15, 0.2) is 5.78 Å². The lowest BCUT2D eigenvalue weighted by atomic mass is 10.1. The molecule has 0 N–H and O–H groups in total. The van der Waals surface area contributed by atoms with Crippen molar-refractivity contribution in [2.24, 2.45) is 0 Å². The second-order valence-corrected chi connectivity index (χ2v) is 4.20. The van der Waals surface area contributed by atoms with Gasteiger partial charge in [-0.05, 0) is 6.92 Å². The van der Waals surface area contributed by atoms with Crippen LogP contribution in [-0.4, -0.2) is 31.4 Å². The van der Waals surface area contributed by atoms with Crippen molar-refractivity contribution in [1.82, 2.24) is 0 Å². The maximum Gasteiger partial charge on any atom is 0.313 e. The Kier molecular flexibility index (Phi) is 6.81. The molecule has 0 aliphatic heterocycles. The molecule has 0 bridgehead atoms. The summed E-state index contributed by atoms with van der Waals surface area (Å²) >= 11 is 0. The largest absolute Gasteiger partial charge is 0.493 e. The average molecular weight is 322 g/mol. The number of benzene rings is 1. The lowest BCUT2D eigenvalue weighted by Gasteiger charge is -2.09. The van der Waals surface area contributed by atoms with Crippen molar-refractivity contribution in [2.75, 3.05) is 13.2 Å². The van der Waals surface area contributed by atoms with Crippen LogP contribution in [0.25, 0.3) is 0 Å². The van der Waals surface area contributed by atoms with Gasteiger partial charge in [0.2, 0.25) is 6.43 Å². The van der Waals surface area contributed by atoms with Gasteiger partial charge in [0.05, 0.1) is 18.8 Å². The zero-order valence-electron chi connectivity index (χ0n) is 11.7. The van der Waals surface area contributed by atoms with Crippen molar-refractivity contribution in [3.63, 3.8) is 0 Å². The standard InChI is InChI=1S/C14H14F4O4/c1-2-21-13(20)7-11(19)14-9(15)5-8(6-10(14)16)22-4-3-12(17)18/h5-6,12H,2-4,7H2,1H3. The molecule has 1 rings (SSSR count). The maximum absolute atomic E-state index is 13.7. The summed E-state index contributed by atoms with van der Waals surface area (Å²) in [6, 6.07) is 1.40. The van der Waals surface area contributed by atoms with Gasteiger partial charge < -0.3 is 9.47 Å². The molecule has 8 heteroatoms. The van der Waals surface area contributed by atoms with Crippen LogP contribution in [0, 0.1) is 11.6 Å². The summed E-state index contributed by atoms with van der Waals surface area (Å²) in [6.07, 6.45) is -3.99. The van der Waals surface area contributed by atoms with Crippen molar-refractivity contribution in [2.45, 2.75) is 26.2 Å². The van der Waals surface area contributed by atoms with Gasteiger partial charge in [-0.2, -0.15) is 0 Å². The Bertz CT molecular complexity index is 523. The number of hydrogen-bond acceptors (Lipinski definition) is 4. The molecule has 0 fully saturated rings. The van der Waals surface area contributed by atoms with Gasteiger partial charge in [0.25, 0.3) is 0 Å². The minimum Gasteiger partial charge on any atom is -0.493 e. The van der Waals surface area contributed by atoms with Crippen LogP contribution in [0.3, 0.4) is 0 Å². The van der Waals surface area contributed by atoms with Crippen molar-refractivity contribution in [3.05, 3.63) is 29.3 Å². The maximum atomic E-state index is 13.7. The Balaban J connectivity index is 2.81. The Hall–Kier alpha value is -2.12. The first-order chi connectivity index (χ1) is 10.3. The van der Waals surface area contributed by atoms with E-state index in [-0.39, 0.29) is 12.4 Å². The molecule has 4 nitrogen and oxygen atoms in total. The molecule has 122 valence electrons. The third-order valence-corrected chi connectivity index (χ3v) is 2.51. The molecular formula is C14H14F4O4. The van der Waals surface area contributed by atoms with Gasteiger partial charge in [0, 0.05) is 18.6 Å². The number of ketones is 1. The third-order valence-electron chi connectivity index (χ3n) is 2.51. The van der Waals surface area contributed by atoms with E-state index in [4.69, 9.17) is 4.74 Å². The number of ether oxygens (including phenoxy) is 2. The van der Waals surface area contributed by atoms with Crippen molar-refractivity contribution in [3.8, 4) is 5.75 Å². The van der Waals surface area contributed by atoms with E-state index in [9.17, 15) is 27.2 Å². The highest BCUT2D eigenvalue weighted by atomic mass is 19.3. The fraction of sp³-hybridized carbons (Fsp3) is 0.429. The van der Waals surface area contributed by atoms with Crippen LogP contribution in [0.5, 0.6) is 5.75 Å². The monoisotopic (exact) mass is 322 g/mol. The number of alkyl halides is 2. The molecule has 1 aromatic carbocycles. The van der Waals surface area contributed by atoms with Crippen LogP contribution in [0.15, 0.2) is 12.1 Å². The van der Waals surface area contributed by atoms with Gasteiger partial charge in [-0.1, -0.05) is 0 Å². The lowest BCUT2D eigenvalue weighted by molar-refractivity contribution is -0.141. The van der Waals surface area contributed by atoms with E-state index >= 15 is 0 Å². The van der Waals surface area contributed by atoms with Crippen LogP contribution in [0.4, 0.5) is 17.6 Å². The Morgan fingerprint density at radius 2 is 1.77 bits per heavy atom. The first kappa shape index (κ1) is 17.9. The van der Waals surface area contributed by atoms with E-state index in [0.29, 0.717) is 12.1 Å². The summed E-state index contributed by atoms with van der Waals surface area (Å²) in [5.41, 5.74) is -0.894. The van der Waals surface area contributed by atoms with Gasteiger partial charge in [-0.3, -0.25) is 9.59 Å². The Labute approximate surface area is 124 Å². The first-order valence-electron chi connectivity index (χ1n) is 6.44. The fourth-order valence-electron chi connectivity index (χ4n) is 1.60. The predicted octanol–water partition coefficient (Wildman–Crippen LogP) is 3.13. The number of carbonyl (C=O) groups is 2. The van der Waals surface area contributed by atoms with E-state index in [1.54, 1.807) is 0 Å². The normalized spacial score (nSPS) is 10.6. The molecular weight excluding hydrogens is 308 g/mol. The smallest absolute Gasteiger partial charge is 0.313 e. The summed E-state index contributed by atoms with van der Waals surface area (Å²) in [5, 5.41) is 0. The second-order valence-electron chi connectivity index (χ2n) is 4.20. The molecule has 0 amide bonds. The van der Waals surface area contributed by atoms with Crippen LogP contribution in [0.1, 0.15) is 30.1 Å². The zero-order valence-corrected chi connectivity index (χ0v) is 11.7. The van der Waals surface area contributed by atoms with E-state index in [1.807, 2.05) is 0 Å². The molecule has 0 radical (unpaired) electrons. The summed E-state index contributed by atoms with van der Waals surface area (Å²) in [5.74, 6) is -4.76. The van der Waals surface area contributed by atoms with Gasteiger partial charge in [-0.15, -0.1) is 0 Å². The molecule has 0 atom stereocenters. The van der Waals surface area contributed by atoms with Gasteiger partial charge in [-0.25, -0.2) is 17.6 Å². The van der Waals surface area contributed by atoms with Crippen LogP contribution in [0.2, 0.25) is 0 Å². The fourth-order valence-corrected chi connectivity index (χ4v) is 1.60. The summed E-state index contributed by atoms with van der Waals surface area (Å²) < 4.78 is 60.6. The molecule has 0 heterocycles. The average Bonchev–Trinajstić information content (AvgIpc) is 2.37. The Morgan fingerprint density at radius 3 is 2.27 bits per heavy atom. The minimum absolute atomic E-state index is 0.0357. The quantitative estimate of drug-likeness (QED) is 0.319. The highest BCUT2D eigenvalue weighted by molar-refractivity contribution is 6.06. The highest BCUT2D eigenvalue weighted by Crippen LogP contribution is 2.22. The number of Topliss-reactive ketones (excluding diaryl/α,β-unsaturated/α-hetero) is 1. The molecule has 0 aliphatic rings. The molecule has 0 spiro atoms. The van der Waals surface area contributed by atoms with E-state index in [2.05, 4.69) is 4.74 Å². The first-order valence-corrected chi connectivity index (χ1v) is 6.44. The summed E-state index contributed by atoms with van der Waals surface area (Å²) in [4.78, 5) is 22.8. The molecule has 0 aliphatic carbocycles. The number of carbonyl (C=O) groups excluding carboxylic acids is 2. The SMILES string of the molecule is CCOC(=O)CC(=O)c1c(F)cc(OCCC(F)F)cc1F. The van der Waals surface area contributed by atoms with Crippen LogP contribution >= 0.6 is 0 Å². The van der Waals surface area contributed by atoms with E-state index < -0.39 is 54.8 Å². The number of esters is 1. The van der Waals surface area contributed by atoms with E-state index in [0.717, 1.165) is 0 Å². The minimum atomic E-state index is -2.60. The number of halogens is 4. The predicted molar refractivity (Wildman–Crippen MR) is 68.1 cm³/mol. The summed E-state index contributed by atoms with van der Waals surface area (Å²) in [6.45, 7) is 1.13. The number of rotatable bonds is 8. The van der Waals surface area contributed by atoms with Crippen molar-refractivity contribution in [1.29, 1.82) is 0 Å². The molecule has 22 heavy (non-hydrogen) atoms. The molecule has 0 saturated heterocycles. The third kappa shape index (κ3) is 5.34. The second kappa shape index (κ2) is 8.35. The number of hydrogen-bond donors (Lipinski definition) is 0. The zero-order chi connectivity index (χ0) is 16.7. The van der Waals surface area contributed by atoms with Gasteiger partial charge in [0.1, 0.15) is 23.8 Å². The lowest BCUT2D eigenvalue weighted by Crippen LogP contribution is -2.14. The van der Waals surface area contributed by atoms with Crippen molar-refractivity contribution >= 4 is 11.8 Å². The van der Waals surface area contributed by atoms with Gasteiger partial charge >= 0.3 is 5.97 Å². The molecule has 0 aromatic heterocycles. The highest BCUT2D eigenvalue weighted by Gasteiger charge is 2.22. The van der Waals surface area contributed by atoms with E-state index in [1.165, 1.54) is 6.92 Å². The Morgan fingerprint density at radius 1 is 1.18 bits per heavy atom. The molecule has 1 aromatic rings. The van der Waals surface area contributed by atoms with Crippen molar-refractivity contribution < 1.29 is 36.6 Å². The summed E-state index contributed by atoms with van der Waals surface area (Å²) in [7, 11) is 0. The van der Waals surface area contributed by atoms with Crippen LogP contribution in [-0.2, 0) is 9.53 Å².